The number of hydrogen-bond donors (Lipinski definition) is 0. The van der Waals surface area contributed by atoms with Gasteiger partial charge in [0.25, 0.3) is 0 Å². The second kappa shape index (κ2) is 9.41. The van der Waals surface area contributed by atoms with E-state index in [2.05, 4.69) is 11.0 Å². The normalized spacial score (nSPS) is 11.8. The van der Waals surface area contributed by atoms with Crippen molar-refractivity contribution < 1.29 is 9.47 Å². The summed E-state index contributed by atoms with van der Waals surface area (Å²) in [5, 5.41) is 8.94. The van der Waals surface area contributed by atoms with Gasteiger partial charge >= 0.3 is 0 Å². The van der Waals surface area contributed by atoms with E-state index in [1.165, 1.54) is 0 Å². The van der Waals surface area contributed by atoms with E-state index in [1.807, 2.05) is 13.8 Å². The molecule has 100 valence electrons. The maximum Gasteiger partial charge on any atom is 0.0683 e. The molecule has 0 aromatic carbocycles. The van der Waals surface area contributed by atoms with Crippen LogP contribution >= 0.6 is 0 Å². The number of nitriles is 1. The van der Waals surface area contributed by atoms with Crippen molar-refractivity contribution in [2.45, 2.75) is 26.7 Å². The van der Waals surface area contributed by atoms with Crippen LogP contribution in [0.1, 0.15) is 26.7 Å². The van der Waals surface area contributed by atoms with Gasteiger partial charge in [-0.25, -0.2) is 0 Å². The minimum atomic E-state index is -0.214. The van der Waals surface area contributed by atoms with Gasteiger partial charge in [-0.3, -0.25) is 4.90 Å². The van der Waals surface area contributed by atoms with Crippen LogP contribution in [0.5, 0.6) is 0 Å². The molecule has 0 aliphatic heterocycles. The van der Waals surface area contributed by atoms with E-state index in [0.29, 0.717) is 0 Å². The molecule has 0 atom stereocenters. The Bertz CT molecular complexity index is 216. The van der Waals surface area contributed by atoms with Crippen molar-refractivity contribution in [1.29, 1.82) is 5.26 Å². The maximum absolute atomic E-state index is 8.94. The lowest BCUT2D eigenvalue weighted by atomic mass is 9.90. The molecule has 0 spiro atoms. The van der Waals surface area contributed by atoms with Gasteiger partial charge < -0.3 is 9.47 Å². The van der Waals surface area contributed by atoms with E-state index in [4.69, 9.17) is 14.7 Å². The Morgan fingerprint density at radius 2 is 1.59 bits per heavy atom. The van der Waals surface area contributed by atoms with E-state index in [0.717, 1.165) is 45.7 Å². The van der Waals surface area contributed by atoms with Crippen molar-refractivity contribution in [2.24, 2.45) is 5.41 Å². The van der Waals surface area contributed by atoms with Gasteiger partial charge in [0.1, 0.15) is 0 Å². The van der Waals surface area contributed by atoms with Crippen molar-refractivity contribution in [2.75, 3.05) is 47.1 Å². The third-order valence-corrected chi connectivity index (χ3v) is 2.80. The molecular formula is C13H26N2O2. The zero-order chi connectivity index (χ0) is 13.1. The van der Waals surface area contributed by atoms with Crippen LogP contribution < -0.4 is 0 Å². The van der Waals surface area contributed by atoms with Crippen LogP contribution in [0.4, 0.5) is 0 Å². The predicted molar refractivity (Wildman–Crippen MR) is 68.8 cm³/mol. The average molecular weight is 242 g/mol. The molecule has 0 saturated heterocycles. The van der Waals surface area contributed by atoms with Crippen molar-refractivity contribution in [1.82, 2.24) is 4.90 Å². The third kappa shape index (κ3) is 9.11. The van der Waals surface area contributed by atoms with Gasteiger partial charge in [0.15, 0.2) is 0 Å². The van der Waals surface area contributed by atoms with Gasteiger partial charge in [-0.05, 0) is 33.2 Å². The number of hydrogen-bond acceptors (Lipinski definition) is 4. The largest absolute Gasteiger partial charge is 0.383 e. The molecule has 4 heteroatoms. The molecule has 0 aliphatic carbocycles. The number of nitrogens with zero attached hydrogens (tertiary/aromatic N) is 2. The summed E-state index contributed by atoms with van der Waals surface area (Å²) >= 11 is 0. The molecule has 0 bridgehead atoms. The molecule has 0 fully saturated rings. The van der Waals surface area contributed by atoms with Crippen LogP contribution in [-0.2, 0) is 9.47 Å². The summed E-state index contributed by atoms with van der Waals surface area (Å²) in [6.45, 7) is 8.30. The summed E-state index contributed by atoms with van der Waals surface area (Å²) < 4.78 is 10.2. The molecular weight excluding hydrogens is 216 g/mol. The highest BCUT2D eigenvalue weighted by Gasteiger charge is 2.16. The highest BCUT2D eigenvalue weighted by molar-refractivity contribution is 4.91. The molecule has 0 rings (SSSR count). The predicted octanol–water partition coefficient (Wildman–Crippen LogP) is 1.91. The first-order valence-corrected chi connectivity index (χ1v) is 6.17. The quantitative estimate of drug-likeness (QED) is 0.587. The van der Waals surface area contributed by atoms with Crippen molar-refractivity contribution in [3.63, 3.8) is 0 Å². The monoisotopic (exact) mass is 242 g/mol. The van der Waals surface area contributed by atoms with Gasteiger partial charge in [0, 0.05) is 27.3 Å². The van der Waals surface area contributed by atoms with Gasteiger partial charge in [-0.1, -0.05) is 0 Å². The highest BCUT2D eigenvalue weighted by atomic mass is 16.5. The lowest BCUT2D eigenvalue weighted by Crippen LogP contribution is -2.32. The van der Waals surface area contributed by atoms with Crippen LogP contribution in [0.25, 0.3) is 0 Å². The Hall–Kier alpha value is -0.630. The Kier molecular flexibility index (Phi) is 9.06. The Morgan fingerprint density at radius 1 is 1.06 bits per heavy atom. The lowest BCUT2D eigenvalue weighted by Gasteiger charge is -2.23. The molecule has 0 amide bonds. The lowest BCUT2D eigenvalue weighted by molar-refractivity contribution is 0.111. The molecule has 0 aromatic heterocycles. The van der Waals surface area contributed by atoms with Crippen molar-refractivity contribution in [3.8, 4) is 6.07 Å². The molecule has 0 aromatic rings. The number of rotatable bonds is 10. The first-order chi connectivity index (χ1) is 8.05. The van der Waals surface area contributed by atoms with Gasteiger partial charge in [0.2, 0.25) is 0 Å². The molecule has 0 unspecified atom stereocenters. The maximum atomic E-state index is 8.94. The second-order valence-corrected chi connectivity index (χ2v) is 4.93. The van der Waals surface area contributed by atoms with Crippen molar-refractivity contribution >= 4 is 0 Å². The van der Waals surface area contributed by atoms with Gasteiger partial charge in [-0.2, -0.15) is 5.26 Å². The summed E-state index contributed by atoms with van der Waals surface area (Å²) in [6.07, 6.45) is 1.97. The molecule has 17 heavy (non-hydrogen) atoms. The molecule has 0 radical (unpaired) electrons. The zero-order valence-corrected chi connectivity index (χ0v) is 11.7. The Morgan fingerprint density at radius 3 is 2.00 bits per heavy atom. The smallest absolute Gasteiger partial charge is 0.0683 e. The van der Waals surface area contributed by atoms with E-state index >= 15 is 0 Å². The minimum absolute atomic E-state index is 0.214. The van der Waals surface area contributed by atoms with Crippen LogP contribution in [0, 0.1) is 16.7 Å². The van der Waals surface area contributed by atoms with Crippen LogP contribution in [0.3, 0.4) is 0 Å². The fourth-order valence-corrected chi connectivity index (χ4v) is 1.58. The first-order valence-electron chi connectivity index (χ1n) is 6.17. The minimum Gasteiger partial charge on any atom is -0.383 e. The third-order valence-electron chi connectivity index (χ3n) is 2.80. The van der Waals surface area contributed by atoms with Gasteiger partial charge in [-0.15, -0.1) is 0 Å². The van der Waals surface area contributed by atoms with Crippen molar-refractivity contribution in [3.05, 3.63) is 0 Å². The summed E-state index contributed by atoms with van der Waals surface area (Å²) in [7, 11) is 3.43. The molecule has 0 saturated carbocycles. The van der Waals surface area contributed by atoms with Crippen LogP contribution in [0.2, 0.25) is 0 Å². The Balaban J connectivity index is 3.86. The average Bonchev–Trinajstić information content (AvgIpc) is 2.31. The number of methoxy groups -OCH3 is 2. The zero-order valence-electron chi connectivity index (χ0n) is 11.7. The molecule has 0 heterocycles. The highest BCUT2D eigenvalue weighted by Crippen LogP contribution is 2.20. The topological polar surface area (TPSA) is 45.5 Å². The summed E-state index contributed by atoms with van der Waals surface area (Å²) in [5.41, 5.74) is -0.214. The van der Waals surface area contributed by atoms with Gasteiger partial charge in [0.05, 0.1) is 24.7 Å². The fraction of sp³-hybridized carbons (Fsp3) is 0.923. The Labute approximate surface area is 105 Å². The van der Waals surface area contributed by atoms with E-state index < -0.39 is 0 Å². The SMILES string of the molecule is COCCN(CCCC(C)(C)C#N)CCOC. The summed E-state index contributed by atoms with van der Waals surface area (Å²) in [4.78, 5) is 2.32. The van der Waals surface area contributed by atoms with Crippen LogP contribution in [0.15, 0.2) is 0 Å². The molecule has 0 aliphatic rings. The van der Waals surface area contributed by atoms with E-state index in [1.54, 1.807) is 14.2 Å². The van der Waals surface area contributed by atoms with E-state index in [9.17, 15) is 0 Å². The number of ether oxygens (including phenoxy) is 2. The van der Waals surface area contributed by atoms with E-state index in [-0.39, 0.29) is 5.41 Å². The van der Waals surface area contributed by atoms with Crippen LogP contribution in [-0.4, -0.2) is 52.0 Å². The fourth-order valence-electron chi connectivity index (χ4n) is 1.58. The molecule has 4 nitrogen and oxygen atoms in total. The first kappa shape index (κ1) is 16.4. The summed E-state index contributed by atoms with van der Waals surface area (Å²) in [5.74, 6) is 0. The molecule has 0 N–H and O–H groups in total. The standard InChI is InChI=1S/C13H26N2O2/c1-13(2,12-14)6-5-7-15(8-10-16-3)9-11-17-4/h5-11H2,1-4H3. The second-order valence-electron chi connectivity index (χ2n) is 4.93. The summed E-state index contributed by atoms with van der Waals surface area (Å²) in [6, 6.07) is 2.33.